The Morgan fingerprint density at radius 1 is 1.06 bits per heavy atom. The number of rotatable bonds is 1. The van der Waals surface area contributed by atoms with Crippen molar-refractivity contribution in [1.82, 2.24) is 0 Å². The Morgan fingerprint density at radius 2 is 1.94 bits per heavy atom. The van der Waals surface area contributed by atoms with E-state index in [9.17, 15) is 0 Å². The fourth-order valence-corrected chi connectivity index (χ4v) is 3.89. The summed E-state index contributed by atoms with van der Waals surface area (Å²) in [6, 6.07) is 0. The van der Waals surface area contributed by atoms with Gasteiger partial charge in [-0.05, 0) is 37.5 Å². The minimum atomic E-state index is -0.698. The van der Waals surface area contributed by atoms with Crippen LogP contribution in [0.1, 0.15) is 38.5 Å². The van der Waals surface area contributed by atoms with Crippen molar-refractivity contribution in [1.29, 1.82) is 0 Å². The largest absolute Gasteiger partial charge is 0.331 e. The number of methoxy groups -OCH3 is 1. The predicted molar refractivity (Wildman–Crippen MR) is 59.8 cm³/mol. The smallest absolute Gasteiger partial charge is 0.285 e. The molecule has 3 fully saturated rings. The predicted octanol–water partition coefficient (Wildman–Crippen LogP) is 2.55. The van der Waals surface area contributed by atoms with Crippen molar-refractivity contribution in [3.05, 3.63) is 0 Å². The minimum absolute atomic E-state index is 0.463. The van der Waals surface area contributed by atoms with Crippen molar-refractivity contribution >= 4 is 0 Å². The lowest BCUT2D eigenvalue weighted by Crippen LogP contribution is -2.57. The zero-order valence-corrected chi connectivity index (χ0v) is 10.1. The molecule has 0 aromatic heterocycles. The van der Waals surface area contributed by atoms with Crippen LogP contribution >= 0.6 is 0 Å². The third kappa shape index (κ3) is 1.60. The molecule has 3 aliphatic rings. The molecule has 3 nitrogen and oxygen atoms in total. The molecule has 2 aliphatic heterocycles. The average Bonchev–Trinajstić information content (AvgIpc) is 2.38. The third-order valence-corrected chi connectivity index (χ3v) is 4.68. The van der Waals surface area contributed by atoms with Crippen molar-refractivity contribution in [3.63, 3.8) is 0 Å². The van der Waals surface area contributed by atoms with E-state index in [-0.39, 0.29) is 0 Å². The highest BCUT2D eigenvalue weighted by Gasteiger charge is 2.53. The van der Waals surface area contributed by atoms with E-state index in [1.54, 1.807) is 7.11 Å². The van der Waals surface area contributed by atoms with Gasteiger partial charge >= 0.3 is 0 Å². The minimum Gasteiger partial charge on any atom is -0.331 e. The molecule has 4 atom stereocenters. The van der Waals surface area contributed by atoms with E-state index in [1.807, 2.05) is 0 Å². The Hall–Kier alpha value is -0.120. The quantitative estimate of drug-likeness (QED) is 0.687. The van der Waals surface area contributed by atoms with E-state index in [1.165, 1.54) is 32.1 Å². The zero-order valence-electron chi connectivity index (χ0n) is 10.1. The molecule has 0 unspecified atom stereocenters. The van der Waals surface area contributed by atoms with Gasteiger partial charge in [-0.3, -0.25) is 0 Å². The summed E-state index contributed by atoms with van der Waals surface area (Å²) in [5.41, 5.74) is 0. The molecule has 0 amide bonds. The second-order valence-electron chi connectivity index (χ2n) is 5.42. The van der Waals surface area contributed by atoms with E-state index >= 15 is 0 Å². The fourth-order valence-electron chi connectivity index (χ4n) is 3.89. The molecule has 1 saturated carbocycles. The van der Waals surface area contributed by atoms with Crippen LogP contribution in [0.4, 0.5) is 0 Å². The number of hydrogen-bond donors (Lipinski definition) is 0. The molecular weight excluding hydrogens is 204 g/mol. The van der Waals surface area contributed by atoms with Crippen LogP contribution < -0.4 is 0 Å². The van der Waals surface area contributed by atoms with E-state index < -0.39 is 5.97 Å². The van der Waals surface area contributed by atoms with Crippen LogP contribution in [-0.4, -0.2) is 26.3 Å². The van der Waals surface area contributed by atoms with Crippen LogP contribution in [-0.2, 0) is 14.2 Å². The van der Waals surface area contributed by atoms with Crippen molar-refractivity contribution in [3.8, 4) is 0 Å². The molecule has 0 aromatic rings. The van der Waals surface area contributed by atoms with Gasteiger partial charge in [0, 0.05) is 13.0 Å². The van der Waals surface area contributed by atoms with Crippen LogP contribution in [0.3, 0.4) is 0 Å². The number of fused-ring (bicyclic) bond motifs is 3. The molecule has 3 heteroatoms. The lowest BCUT2D eigenvalue weighted by molar-refractivity contribution is -0.436. The summed E-state index contributed by atoms with van der Waals surface area (Å²) in [4.78, 5) is 0. The Kier molecular flexibility index (Phi) is 2.94. The highest BCUT2D eigenvalue weighted by atomic mass is 16.9. The summed E-state index contributed by atoms with van der Waals surface area (Å²) in [7, 11) is 1.72. The van der Waals surface area contributed by atoms with E-state index in [0.29, 0.717) is 5.92 Å². The van der Waals surface area contributed by atoms with Crippen molar-refractivity contribution in [2.45, 2.75) is 44.5 Å². The molecule has 92 valence electrons. The van der Waals surface area contributed by atoms with Crippen molar-refractivity contribution in [2.24, 2.45) is 17.8 Å². The van der Waals surface area contributed by atoms with Crippen LogP contribution in [0.2, 0.25) is 0 Å². The normalized spacial score (nSPS) is 48.2. The maximum Gasteiger partial charge on any atom is 0.285 e. The Morgan fingerprint density at radius 3 is 2.81 bits per heavy atom. The zero-order chi connectivity index (χ0) is 11.0. The lowest BCUT2D eigenvalue weighted by atomic mass is 9.68. The Bertz CT molecular complexity index is 256. The van der Waals surface area contributed by atoms with E-state index in [4.69, 9.17) is 14.2 Å². The van der Waals surface area contributed by atoms with Crippen molar-refractivity contribution < 1.29 is 14.2 Å². The third-order valence-electron chi connectivity index (χ3n) is 4.68. The highest BCUT2D eigenvalue weighted by Crippen LogP contribution is 2.49. The first-order chi connectivity index (χ1) is 7.86. The van der Waals surface area contributed by atoms with Crippen molar-refractivity contribution in [2.75, 3.05) is 20.3 Å². The summed E-state index contributed by atoms with van der Waals surface area (Å²) >= 11 is 0. The topological polar surface area (TPSA) is 27.7 Å². The molecule has 0 bridgehead atoms. The van der Waals surface area contributed by atoms with Gasteiger partial charge in [0.15, 0.2) is 0 Å². The molecule has 0 spiro atoms. The van der Waals surface area contributed by atoms with Gasteiger partial charge in [0.1, 0.15) is 0 Å². The second-order valence-corrected chi connectivity index (χ2v) is 5.42. The molecule has 1 aliphatic carbocycles. The molecule has 0 aromatic carbocycles. The molecule has 0 N–H and O–H groups in total. The summed E-state index contributed by atoms with van der Waals surface area (Å²) in [6.07, 6.45) is 7.78. The molecule has 2 saturated heterocycles. The molecule has 2 heterocycles. The Labute approximate surface area is 97.4 Å². The van der Waals surface area contributed by atoms with E-state index in [0.717, 1.165) is 31.5 Å². The van der Waals surface area contributed by atoms with Gasteiger partial charge in [0.2, 0.25) is 0 Å². The first-order valence-corrected chi connectivity index (χ1v) is 6.69. The maximum absolute atomic E-state index is 5.94. The molecule has 0 radical (unpaired) electrons. The highest BCUT2D eigenvalue weighted by molar-refractivity contribution is 4.91. The average molecular weight is 226 g/mol. The number of hydrogen-bond acceptors (Lipinski definition) is 3. The van der Waals surface area contributed by atoms with Crippen LogP contribution in [0.15, 0.2) is 0 Å². The van der Waals surface area contributed by atoms with Gasteiger partial charge in [0.05, 0.1) is 13.2 Å². The second kappa shape index (κ2) is 4.28. The van der Waals surface area contributed by atoms with Crippen LogP contribution in [0, 0.1) is 17.8 Å². The van der Waals surface area contributed by atoms with Gasteiger partial charge in [-0.1, -0.05) is 12.8 Å². The van der Waals surface area contributed by atoms with Gasteiger partial charge in [0.25, 0.3) is 5.97 Å². The SMILES string of the molecule is CO[C@@]12OCCC[C@@H]1[C@H]1CCCC[C@@H]1CO2. The maximum atomic E-state index is 5.94. The molecular formula is C13H22O3. The fraction of sp³-hybridized carbons (Fsp3) is 1.00. The van der Waals surface area contributed by atoms with Gasteiger partial charge in [-0.15, -0.1) is 0 Å². The molecule has 16 heavy (non-hydrogen) atoms. The van der Waals surface area contributed by atoms with Gasteiger partial charge in [-0.25, -0.2) is 0 Å². The summed E-state index contributed by atoms with van der Waals surface area (Å²) in [5, 5.41) is 0. The number of ether oxygens (including phenoxy) is 3. The van der Waals surface area contributed by atoms with Gasteiger partial charge < -0.3 is 14.2 Å². The van der Waals surface area contributed by atoms with Gasteiger partial charge in [-0.2, -0.15) is 0 Å². The first-order valence-electron chi connectivity index (χ1n) is 6.69. The first kappa shape index (κ1) is 11.0. The standard InChI is InChI=1S/C13H22O3/c1-14-13-12(7-4-8-15-13)11-6-3-2-5-10(11)9-16-13/h10-12H,2-9H2,1H3/t10-,11+,12-,13-/m1/s1. The van der Waals surface area contributed by atoms with Crippen LogP contribution in [0.5, 0.6) is 0 Å². The Balaban J connectivity index is 1.83. The lowest BCUT2D eigenvalue weighted by Gasteiger charge is -2.52. The summed E-state index contributed by atoms with van der Waals surface area (Å²) in [5.74, 6) is 1.29. The van der Waals surface area contributed by atoms with E-state index in [2.05, 4.69) is 0 Å². The monoisotopic (exact) mass is 226 g/mol. The van der Waals surface area contributed by atoms with Crippen LogP contribution in [0.25, 0.3) is 0 Å². The summed E-state index contributed by atoms with van der Waals surface area (Å²) in [6.45, 7) is 1.61. The molecule has 3 rings (SSSR count). The summed E-state index contributed by atoms with van der Waals surface area (Å²) < 4.78 is 17.4.